The van der Waals surface area contributed by atoms with Crippen LogP contribution in [-0.2, 0) is 28.7 Å². The molecule has 170 valence electrons. The second-order valence-electron chi connectivity index (χ2n) is 10.1. The van der Waals surface area contributed by atoms with Crippen molar-refractivity contribution in [2.24, 2.45) is 11.3 Å². The zero-order valence-electron chi connectivity index (χ0n) is 18.1. The predicted molar refractivity (Wildman–Crippen MR) is 108 cm³/mol. The van der Waals surface area contributed by atoms with Gasteiger partial charge in [0.1, 0.15) is 0 Å². The molecule has 1 aromatic rings. The van der Waals surface area contributed by atoms with Crippen molar-refractivity contribution in [3.05, 3.63) is 29.1 Å². The van der Waals surface area contributed by atoms with Gasteiger partial charge in [-0.15, -0.1) is 0 Å². The number of rotatable bonds is 3. The number of hydrogen-bond acceptors (Lipinski definition) is 4. The number of nitrogens with zero attached hydrogens (tertiary/aromatic N) is 3. The maximum absolute atomic E-state index is 13.8. The number of alkyl halides is 3. The molecule has 4 heterocycles. The van der Waals surface area contributed by atoms with Crippen LogP contribution in [0.25, 0.3) is 0 Å². The summed E-state index contributed by atoms with van der Waals surface area (Å²) in [6, 6.07) is 2.03. The van der Waals surface area contributed by atoms with Gasteiger partial charge in [0.25, 0.3) is 0 Å². The molecule has 3 aliphatic heterocycles. The van der Waals surface area contributed by atoms with Gasteiger partial charge in [-0.25, -0.2) is 0 Å². The van der Waals surface area contributed by atoms with E-state index in [1.165, 1.54) is 6.07 Å². The molecule has 0 unspecified atom stereocenters. The lowest BCUT2D eigenvalue weighted by atomic mass is 9.73. The summed E-state index contributed by atoms with van der Waals surface area (Å²) < 4.78 is 45.2. The minimum Gasteiger partial charge on any atom is -0.375 e. The van der Waals surface area contributed by atoms with Gasteiger partial charge in [0.15, 0.2) is 0 Å². The number of likely N-dealkylation sites (tertiary alicyclic amines) is 1. The van der Waals surface area contributed by atoms with E-state index in [9.17, 15) is 18.0 Å². The molecule has 4 atom stereocenters. The Hall–Kier alpha value is -1.67. The van der Waals surface area contributed by atoms with Crippen molar-refractivity contribution in [3.63, 3.8) is 0 Å². The summed E-state index contributed by atoms with van der Waals surface area (Å²) in [5.74, 6) is 0.288. The van der Waals surface area contributed by atoms with Crippen molar-refractivity contribution in [1.82, 2.24) is 14.8 Å². The summed E-state index contributed by atoms with van der Waals surface area (Å²) in [4.78, 5) is 22.2. The Balaban J connectivity index is 1.35. The molecule has 0 spiro atoms. The van der Waals surface area contributed by atoms with E-state index in [1.807, 2.05) is 0 Å². The molecule has 1 aromatic heterocycles. The van der Waals surface area contributed by atoms with E-state index in [1.54, 1.807) is 4.90 Å². The summed E-state index contributed by atoms with van der Waals surface area (Å²) in [5, 5.41) is 0. The molecule has 31 heavy (non-hydrogen) atoms. The Labute approximate surface area is 180 Å². The van der Waals surface area contributed by atoms with E-state index in [0.717, 1.165) is 45.0 Å². The van der Waals surface area contributed by atoms with Crippen molar-refractivity contribution in [1.29, 1.82) is 0 Å². The first kappa shape index (κ1) is 21.2. The first-order chi connectivity index (χ1) is 14.7. The van der Waals surface area contributed by atoms with E-state index in [2.05, 4.69) is 23.7 Å². The second kappa shape index (κ2) is 7.44. The average Bonchev–Trinajstić information content (AvgIpc) is 3.47. The lowest BCUT2D eigenvalue weighted by molar-refractivity contribution is -0.146. The van der Waals surface area contributed by atoms with Crippen LogP contribution < -0.4 is 0 Å². The first-order valence-electron chi connectivity index (χ1n) is 11.4. The minimum atomic E-state index is -4.43. The van der Waals surface area contributed by atoms with Crippen LogP contribution in [0, 0.1) is 11.3 Å². The highest BCUT2D eigenvalue weighted by Gasteiger charge is 2.53. The van der Waals surface area contributed by atoms with E-state index in [0.29, 0.717) is 42.4 Å². The smallest absolute Gasteiger partial charge is 0.375 e. The third-order valence-electron chi connectivity index (χ3n) is 8.12. The molecule has 1 amide bonds. The molecule has 5 rings (SSSR count). The minimum absolute atomic E-state index is 0.105. The summed E-state index contributed by atoms with van der Waals surface area (Å²) in [6.45, 7) is 6.71. The molecule has 0 radical (unpaired) electrons. The van der Waals surface area contributed by atoms with Gasteiger partial charge in [-0.05, 0) is 43.2 Å². The normalized spacial score (nSPS) is 33.4. The number of carbonyl (C=O) groups excluding carboxylic acids is 1. The van der Waals surface area contributed by atoms with Crippen LogP contribution in [0.3, 0.4) is 0 Å². The zero-order valence-corrected chi connectivity index (χ0v) is 18.1. The van der Waals surface area contributed by atoms with Crippen LogP contribution in [0.2, 0.25) is 0 Å². The number of fused-ring (bicyclic) bond motifs is 3. The molecule has 1 aliphatic carbocycles. The van der Waals surface area contributed by atoms with Crippen molar-refractivity contribution >= 4 is 5.91 Å². The fourth-order valence-electron chi connectivity index (χ4n) is 6.24. The quantitative estimate of drug-likeness (QED) is 0.724. The Bertz CT molecular complexity index is 874. The number of ether oxygens (including phenoxy) is 1. The zero-order chi connectivity index (χ0) is 22.0. The largest absolute Gasteiger partial charge is 0.417 e. The third kappa shape index (κ3) is 3.55. The van der Waals surface area contributed by atoms with Crippen molar-refractivity contribution in [2.45, 2.75) is 76.9 Å². The Kier molecular flexibility index (Phi) is 5.09. The Morgan fingerprint density at radius 2 is 2.13 bits per heavy atom. The number of amides is 1. The highest BCUT2D eigenvalue weighted by Crippen LogP contribution is 2.49. The van der Waals surface area contributed by atoms with Gasteiger partial charge in [-0.1, -0.05) is 13.8 Å². The van der Waals surface area contributed by atoms with Crippen LogP contribution in [0.5, 0.6) is 0 Å². The number of aromatic nitrogens is 1. The van der Waals surface area contributed by atoms with Gasteiger partial charge < -0.3 is 9.64 Å². The van der Waals surface area contributed by atoms with Crippen LogP contribution >= 0.6 is 0 Å². The molecule has 2 saturated heterocycles. The van der Waals surface area contributed by atoms with Gasteiger partial charge in [0, 0.05) is 50.0 Å². The topological polar surface area (TPSA) is 45.7 Å². The molecule has 0 N–H and O–H groups in total. The fraction of sp³-hybridized carbons (Fsp3) is 0.739. The van der Waals surface area contributed by atoms with E-state index in [-0.39, 0.29) is 18.4 Å². The SMILES string of the molecule is CC(C)[C@]1(C(=O)N2CCc3ncc(C(F)(F)F)cc3C2)CC[C@H](N2C[C@H]3C[C@@H]2CO3)C1. The van der Waals surface area contributed by atoms with Crippen molar-refractivity contribution in [3.8, 4) is 0 Å². The van der Waals surface area contributed by atoms with Gasteiger partial charge in [-0.3, -0.25) is 14.7 Å². The van der Waals surface area contributed by atoms with E-state index < -0.39 is 17.2 Å². The Morgan fingerprint density at radius 3 is 2.77 bits per heavy atom. The standard InChI is InChI=1S/C23H30F3N3O2/c1-14(2)22(5-3-17(9-22)29-12-19-8-18(29)13-31-19)21(30)28-6-4-20-15(11-28)7-16(10-27-20)23(24,25)26/h7,10,14,17-19H,3-6,8-9,11-13H2,1-2H3/t17-,18+,19+,22-/m0/s1. The number of carbonyl (C=O) groups is 1. The molecule has 2 bridgehead atoms. The number of halogens is 3. The number of morpholine rings is 1. The van der Waals surface area contributed by atoms with E-state index >= 15 is 0 Å². The molecule has 5 nitrogen and oxygen atoms in total. The molecular formula is C23H30F3N3O2. The summed E-state index contributed by atoms with van der Waals surface area (Å²) in [5.41, 5.74) is 0.0104. The molecule has 0 aromatic carbocycles. The monoisotopic (exact) mass is 437 g/mol. The van der Waals surface area contributed by atoms with Crippen LogP contribution in [0.4, 0.5) is 13.2 Å². The van der Waals surface area contributed by atoms with E-state index in [4.69, 9.17) is 4.74 Å². The average molecular weight is 438 g/mol. The third-order valence-corrected chi connectivity index (χ3v) is 8.12. The van der Waals surface area contributed by atoms with Gasteiger partial charge in [0.2, 0.25) is 5.91 Å². The molecule has 3 fully saturated rings. The van der Waals surface area contributed by atoms with Gasteiger partial charge >= 0.3 is 6.18 Å². The summed E-state index contributed by atoms with van der Waals surface area (Å²) in [7, 11) is 0. The molecule has 1 saturated carbocycles. The fourth-order valence-corrected chi connectivity index (χ4v) is 6.24. The lowest BCUT2D eigenvalue weighted by Gasteiger charge is -2.40. The highest BCUT2D eigenvalue weighted by atomic mass is 19.4. The van der Waals surface area contributed by atoms with Crippen LogP contribution in [-0.4, -0.2) is 58.6 Å². The van der Waals surface area contributed by atoms with Crippen molar-refractivity contribution in [2.75, 3.05) is 19.7 Å². The highest BCUT2D eigenvalue weighted by molar-refractivity contribution is 5.83. The summed E-state index contributed by atoms with van der Waals surface area (Å²) in [6.07, 6.45) is 1.08. The second-order valence-corrected chi connectivity index (χ2v) is 10.1. The maximum atomic E-state index is 13.8. The van der Waals surface area contributed by atoms with Crippen molar-refractivity contribution < 1.29 is 22.7 Å². The van der Waals surface area contributed by atoms with Crippen LogP contribution in [0.1, 0.15) is 56.4 Å². The van der Waals surface area contributed by atoms with Gasteiger partial charge in [0.05, 0.1) is 23.7 Å². The summed E-state index contributed by atoms with van der Waals surface area (Å²) >= 11 is 0. The number of hydrogen-bond donors (Lipinski definition) is 0. The van der Waals surface area contributed by atoms with Crippen LogP contribution in [0.15, 0.2) is 12.3 Å². The van der Waals surface area contributed by atoms with Gasteiger partial charge in [-0.2, -0.15) is 13.2 Å². The Morgan fingerprint density at radius 1 is 1.32 bits per heavy atom. The molecular weight excluding hydrogens is 407 g/mol. The maximum Gasteiger partial charge on any atom is 0.417 e. The lowest BCUT2D eigenvalue weighted by Crippen LogP contribution is -2.49. The molecule has 8 heteroatoms. The first-order valence-corrected chi connectivity index (χ1v) is 11.4. The number of pyridine rings is 1. The molecule has 4 aliphatic rings. The predicted octanol–water partition coefficient (Wildman–Crippen LogP) is 3.65.